The lowest BCUT2D eigenvalue weighted by molar-refractivity contribution is 0.0631. The fraction of sp³-hybridized carbons (Fsp3) is 0.231. The van der Waals surface area contributed by atoms with Gasteiger partial charge in [0.15, 0.2) is 5.69 Å². The van der Waals surface area contributed by atoms with Crippen molar-refractivity contribution in [3.05, 3.63) is 72.6 Å². The van der Waals surface area contributed by atoms with Gasteiger partial charge < -0.3 is 35.9 Å². The van der Waals surface area contributed by atoms with Crippen molar-refractivity contribution in [1.82, 2.24) is 15.2 Å². The number of esters is 1. The first-order chi connectivity index (χ1) is 18.4. The van der Waals surface area contributed by atoms with E-state index in [0.717, 1.165) is 38.5 Å². The summed E-state index contributed by atoms with van der Waals surface area (Å²) in [5, 5.41) is 8.85. The lowest BCUT2D eigenvalue weighted by Crippen LogP contribution is -2.44. The number of anilines is 2. The third kappa shape index (κ3) is 8.18. The molecule has 1 aliphatic heterocycles. The number of carbonyl (C=O) groups is 3. The van der Waals surface area contributed by atoms with Crippen LogP contribution in [0.15, 0.2) is 66.9 Å². The van der Waals surface area contributed by atoms with Crippen molar-refractivity contribution in [3.63, 3.8) is 0 Å². The summed E-state index contributed by atoms with van der Waals surface area (Å²) in [7, 11) is 0. The van der Waals surface area contributed by atoms with Crippen molar-refractivity contribution in [2.75, 3.05) is 50.0 Å². The molecule has 2 aromatic carbocycles. The highest BCUT2D eigenvalue weighted by molar-refractivity contribution is 5.99. The first-order valence-electron chi connectivity index (χ1n) is 11.9. The van der Waals surface area contributed by atoms with E-state index >= 15 is 0 Å². The smallest absolute Gasteiger partial charge is 0.412 e. The monoisotopic (exact) mass is 520 g/mol. The summed E-state index contributed by atoms with van der Waals surface area (Å²) >= 11 is 0. The highest BCUT2D eigenvalue weighted by Gasteiger charge is 2.13. The van der Waals surface area contributed by atoms with Crippen molar-refractivity contribution in [2.45, 2.75) is 0 Å². The lowest BCUT2D eigenvalue weighted by Gasteiger charge is -2.26. The number of nitrogens with two attached hydrogens (primary N) is 1. The Morgan fingerprint density at radius 1 is 0.895 bits per heavy atom. The molecule has 38 heavy (non-hydrogen) atoms. The minimum atomic E-state index is -1.22. The third-order valence-electron chi connectivity index (χ3n) is 5.48. The molecule has 198 valence electrons. The van der Waals surface area contributed by atoms with Gasteiger partial charge in [-0.3, -0.25) is 4.90 Å². The van der Waals surface area contributed by atoms with E-state index in [0.29, 0.717) is 29.5 Å². The second kappa shape index (κ2) is 13.0. The molecule has 0 radical (unpaired) electrons. The molecule has 0 saturated carbocycles. The number of benzene rings is 2. The summed E-state index contributed by atoms with van der Waals surface area (Å²) in [4.78, 5) is 41.1. The van der Waals surface area contributed by atoms with E-state index in [1.165, 1.54) is 18.3 Å². The molecule has 0 unspecified atom stereocenters. The number of carbonyl (C=O) groups excluding carboxylic acids is 3. The van der Waals surface area contributed by atoms with Gasteiger partial charge in [-0.05, 0) is 54.6 Å². The molecule has 12 heteroatoms. The third-order valence-corrected chi connectivity index (χ3v) is 5.48. The molecule has 5 N–H and O–H groups in total. The Bertz CT molecular complexity index is 1250. The predicted octanol–water partition coefficient (Wildman–Crippen LogP) is 3.04. The standard InChI is InChI=1S/C26H28N6O6/c27-25(34)38-24(33)23-17-22(9-10-29-23)37-21-7-3-19(4-8-21)31-26(35)30-18-1-5-20(6-2-18)36-16-15-32-13-11-28-12-14-32/h1-10,17,28H,11-16H2,(H2,27,34)(H2,30,31,35). The molecule has 1 fully saturated rings. The zero-order valence-corrected chi connectivity index (χ0v) is 20.5. The molecule has 3 aromatic rings. The quantitative estimate of drug-likeness (QED) is 0.246. The maximum absolute atomic E-state index is 12.4. The Morgan fingerprint density at radius 2 is 1.53 bits per heavy atom. The van der Waals surface area contributed by atoms with Crippen LogP contribution < -0.4 is 31.2 Å². The fourth-order valence-corrected chi connectivity index (χ4v) is 3.63. The Morgan fingerprint density at radius 3 is 2.16 bits per heavy atom. The highest BCUT2D eigenvalue weighted by atomic mass is 16.6. The van der Waals surface area contributed by atoms with E-state index in [9.17, 15) is 14.4 Å². The molecule has 2 heterocycles. The molecule has 0 atom stereocenters. The van der Waals surface area contributed by atoms with Crippen molar-refractivity contribution >= 4 is 29.5 Å². The van der Waals surface area contributed by atoms with Gasteiger partial charge in [-0.15, -0.1) is 0 Å². The van der Waals surface area contributed by atoms with Crippen molar-refractivity contribution < 1.29 is 28.6 Å². The molecule has 1 aromatic heterocycles. The topological polar surface area (TPSA) is 157 Å². The second-order valence-electron chi connectivity index (χ2n) is 8.26. The van der Waals surface area contributed by atoms with Crippen LogP contribution in [0, 0.1) is 0 Å². The van der Waals surface area contributed by atoms with Crippen molar-refractivity contribution in [1.29, 1.82) is 0 Å². The van der Waals surface area contributed by atoms with Crippen LogP contribution in [0.4, 0.5) is 21.0 Å². The van der Waals surface area contributed by atoms with E-state index in [2.05, 4.69) is 30.6 Å². The maximum atomic E-state index is 12.4. The number of nitrogens with one attached hydrogen (secondary N) is 3. The predicted molar refractivity (Wildman–Crippen MR) is 140 cm³/mol. The van der Waals surface area contributed by atoms with E-state index in [1.54, 1.807) is 36.4 Å². The van der Waals surface area contributed by atoms with Crippen LogP contribution in [0.5, 0.6) is 17.2 Å². The number of amides is 3. The minimum absolute atomic E-state index is 0.133. The Kier molecular flexibility index (Phi) is 9.05. The van der Waals surface area contributed by atoms with Crippen LogP contribution in [-0.2, 0) is 4.74 Å². The molecule has 0 aliphatic carbocycles. The minimum Gasteiger partial charge on any atom is -0.492 e. The van der Waals surface area contributed by atoms with Gasteiger partial charge in [-0.25, -0.2) is 19.4 Å². The van der Waals surface area contributed by atoms with E-state index in [-0.39, 0.29) is 5.69 Å². The molecular formula is C26H28N6O6. The lowest BCUT2D eigenvalue weighted by atomic mass is 10.3. The zero-order chi connectivity index (χ0) is 26.7. The van der Waals surface area contributed by atoms with Gasteiger partial charge in [0.05, 0.1) is 0 Å². The Hall–Kier alpha value is -4.68. The van der Waals surface area contributed by atoms with Crippen LogP contribution in [0.2, 0.25) is 0 Å². The van der Waals surface area contributed by atoms with E-state index < -0.39 is 18.1 Å². The molecular weight excluding hydrogens is 492 g/mol. The number of hydrogen-bond donors (Lipinski definition) is 4. The van der Waals surface area contributed by atoms with Gasteiger partial charge in [-0.1, -0.05) is 0 Å². The number of aromatic nitrogens is 1. The summed E-state index contributed by atoms with van der Waals surface area (Å²) in [6, 6.07) is 16.2. The number of urea groups is 1. The van der Waals surface area contributed by atoms with Crippen LogP contribution in [0.25, 0.3) is 0 Å². The summed E-state index contributed by atoms with van der Waals surface area (Å²) in [6.45, 7) is 5.56. The number of pyridine rings is 1. The van der Waals surface area contributed by atoms with E-state index in [4.69, 9.17) is 15.2 Å². The second-order valence-corrected chi connectivity index (χ2v) is 8.26. The largest absolute Gasteiger partial charge is 0.492 e. The van der Waals surface area contributed by atoms with Gasteiger partial charge in [0, 0.05) is 56.4 Å². The number of ether oxygens (including phenoxy) is 3. The number of nitrogens with zero attached hydrogens (tertiary/aromatic N) is 2. The summed E-state index contributed by atoms with van der Waals surface area (Å²) < 4.78 is 15.8. The first kappa shape index (κ1) is 26.4. The molecule has 1 saturated heterocycles. The summed E-state index contributed by atoms with van der Waals surface area (Å²) in [5.41, 5.74) is 5.88. The number of piperazine rings is 1. The SMILES string of the molecule is NC(=O)OC(=O)c1cc(Oc2ccc(NC(=O)Nc3ccc(OCCN4CCNCC4)cc3)cc2)ccn1. The Balaban J connectivity index is 1.22. The van der Waals surface area contributed by atoms with E-state index in [1.807, 2.05) is 12.1 Å². The Labute approximate surface area is 219 Å². The van der Waals surface area contributed by atoms with Gasteiger partial charge in [0.25, 0.3) is 0 Å². The molecule has 1 aliphatic rings. The maximum Gasteiger partial charge on any atom is 0.412 e. The van der Waals surface area contributed by atoms with Crippen LogP contribution >= 0.6 is 0 Å². The van der Waals surface area contributed by atoms with Gasteiger partial charge in [0.1, 0.15) is 23.9 Å². The summed E-state index contributed by atoms with van der Waals surface area (Å²) in [5.74, 6) is 0.504. The van der Waals surface area contributed by atoms with Crippen LogP contribution in [0.1, 0.15) is 10.5 Å². The van der Waals surface area contributed by atoms with Crippen molar-refractivity contribution in [3.8, 4) is 17.2 Å². The fourth-order valence-electron chi connectivity index (χ4n) is 3.63. The number of primary amides is 1. The molecule has 0 bridgehead atoms. The number of rotatable bonds is 9. The number of hydrogen-bond acceptors (Lipinski definition) is 9. The van der Waals surface area contributed by atoms with Crippen LogP contribution in [0.3, 0.4) is 0 Å². The summed E-state index contributed by atoms with van der Waals surface area (Å²) in [6.07, 6.45) is 0.109. The van der Waals surface area contributed by atoms with Crippen molar-refractivity contribution in [2.24, 2.45) is 5.73 Å². The molecule has 3 amide bonds. The van der Waals surface area contributed by atoms with Crippen LogP contribution in [-0.4, -0.2) is 67.3 Å². The van der Waals surface area contributed by atoms with Gasteiger partial charge in [0.2, 0.25) is 0 Å². The van der Waals surface area contributed by atoms with Gasteiger partial charge >= 0.3 is 18.1 Å². The average Bonchev–Trinajstić information content (AvgIpc) is 2.91. The van der Waals surface area contributed by atoms with Gasteiger partial charge in [-0.2, -0.15) is 0 Å². The molecule has 12 nitrogen and oxygen atoms in total. The highest BCUT2D eigenvalue weighted by Crippen LogP contribution is 2.24. The first-order valence-corrected chi connectivity index (χ1v) is 11.9. The average molecular weight is 521 g/mol. The molecule has 4 rings (SSSR count). The normalized spacial score (nSPS) is 13.3. The molecule has 0 spiro atoms. The zero-order valence-electron chi connectivity index (χ0n) is 20.5.